The number of esters is 2. The maximum Gasteiger partial charge on any atom is 0.306 e. The van der Waals surface area contributed by atoms with Gasteiger partial charge >= 0.3 is 11.9 Å². The minimum Gasteiger partial charge on any atom is -0.490 e. The Morgan fingerprint density at radius 3 is 1.35 bits per heavy atom. The zero-order valence-corrected chi connectivity index (χ0v) is 29.4. The Morgan fingerprint density at radius 2 is 1.02 bits per heavy atom. The third kappa shape index (κ3) is 11.7. The van der Waals surface area contributed by atoms with Crippen LogP contribution in [0.25, 0.3) is 0 Å². The number of rotatable bonds is 18. The van der Waals surface area contributed by atoms with Crippen molar-refractivity contribution in [3.05, 3.63) is 85.0 Å². The molecular formula is C39H52O10. The van der Waals surface area contributed by atoms with E-state index in [0.717, 1.165) is 22.6 Å². The molecule has 10 nitrogen and oxygen atoms in total. The summed E-state index contributed by atoms with van der Waals surface area (Å²) in [5.41, 5.74) is 0.481. The Hall–Kier alpha value is -3.70. The van der Waals surface area contributed by atoms with Crippen LogP contribution in [0.2, 0.25) is 0 Å². The molecule has 1 spiro atoms. The third-order valence-electron chi connectivity index (χ3n) is 8.47. The van der Waals surface area contributed by atoms with Crippen LogP contribution in [0.15, 0.2) is 73.8 Å². The predicted molar refractivity (Wildman–Crippen MR) is 184 cm³/mol. The minimum absolute atomic E-state index is 0.164. The van der Waals surface area contributed by atoms with Crippen LogP contribution in [0.3, 0.4) is 0 Å². The van der Waals surface area contributed by atoms with Gasteiger partial charge in [0, 0.05) is 23.7 Å². The number of carbonyl (C=O) groups is 2. The summed E-state index contributed by atoms with van der Waals surface area (Å²) in [4.78, 5) is 25.0. The molecule has 0 N–H and O–H groups in total. The van der Waals surface area contributed by atoms with Crippen molar-refractivity contribution in [1.82, 2.24) is 0 Å². The lowest BCUT2D eigenvalue weighted by Gasteiger charge is -2.48. The van der Waals surface area contributed by atoms with Gasteiger partial charge in [-0.25, -0.2) is 0 Å². The lowest BCUT2D eigenvalue weighted by atomic mass is 9.86. The van der Waals surface area contributed by atoms with Gasteiger partial charge in [0.2, 0.25) is 0 Å². The molecular weight excluding hydrogens is 628 g/mol. The first-order valence-electron chi connectivity index (χ1n) is 16.9. The van der Waals surface area contributed by atoms with Crippen LogP contribution in [-0.2, 0) is 50.9 Å². The molecule has 2 aromatic rings. The zero-order valence-electron chi connectivity index (χ0n) is 29.4. The summed E-state index contributed by atoms with van der Waals surface area (Å²) in [5.74, 6) is 0.968. The Labute approximate surface area is 290 Å². The van der Waals surface area contributed by atoms with Gasteiger partial charge < -0.3 is 37.9 Å². The van der Waals surface area contributed by atoms with Gasteiger partial charge in [-0.05, 0) is 48.2 Å². The lowest BCUT2D eigenvalue weighted by Crippen LogP contribution is -2.57. The molecule has 0 atom stereocenters. The van der Waals surface area contributed by atoms with E-state index in [4.69, 9.17) is 37.9 Å². The smallest absolute Gasteiger partial charge is 0.306 e. The van der Waals surface area contributed by atoms with Crippen LogP contribution in [0.4, 0.5) is 0 Å². The number of benzene rings is 2. The summed E-state index contributed by atoms with van der Waals surface area (Å²) in [6, 6.07) is 15.3. The number of hydrogen-bond donors (Lipinski definition) is 0. The summed E-state index contributed by atoms with van der Waals surface area (Å²) in [6.45, 7) is 17.8. The number of aryl methyl sites for hydroxylation is 2. The van der Waals surface area contributed by atoms with Gasteiger partial charge in [0.25, 0.3) is 0 Å². The second-order valence-corrected chi connectivity index (χ2v) is 14.2. The zero-order chi connectivity index (χ0) is 35.3. The fourth-order valence-electron chi connectivity index (χ4n) is 5.38. The van der Waals surface area contributed by atoms with Gasteiger partial charge in [-0.1, -0.05) is 77.3 Å². The highest BCUT2D eigenvalue weighted by Gasteiger charge is 2.48. The first-order chi connectivity index (χ1) is 23.4. The fourth-order valence-corrected chi connectivity index (χ4v) is 5.38. The molecule has 0 amide bonds. The summed E-state index contributed by atoms with van der Waals surface area (Å²) in [6.07, 6.45) is 3.97. The van der Waals surface area contributed by atoms with E-state index in [1.54, 1.807) is 12.2 Å². The molecule has 10 heteroatoms. The van der Waals surface area contributed by atoms with Crippen molar-refractivity contribution in [2.75, 3.05) is 52.9 Å². The van der Waals surface area contributed by atoms with E-state index in [9.17, 15) is 9.59 Å². The van der Waals surface area contributed by atoms with Gasteiger partial charge in [0.05, 0.1) is 31.8 Å². The van der Waals surface area contributed by atoms with Gasteiger partial charge in [-0.15, -0.1) is 0 Å². The molecule has 0 unspecified atom stereocenters. The van der Waals surface area contributed by atoms with Crippen LogP contribution in [-0.4, -0.2) is 77.4 Å². The van der Waals surface area contributed by atoms with Gasteiger partial charge in [-0.2, -0.15) is 0 Å². The van der Waals surface area contributed by atoms with E-state index >= 15 is 0 Å². The van der Waals surface area contributed by atoms with E-state index in [2.05, 4.69) is 13.2 Å². The van der Waals surface area contributed by atoms with Crippen LogP contribution in [0, 0.1) is 16.2 Å². The molecule has 2 aromatic carbocycles. The van der Waals surface area contributed by atoms with Crippen LogP contribution in [0.1, 0.15) is 51.7 Å². The maximum absolute atomic E-state index is 12.5. The molecule has 0 bridgehead atoms. The van der Waals surface area contributed by atoms with Crippen molar-refractivity contribution in [3.63, 3.8) is 0 Å². The first-order valence-corrected chi connectivity index (χ1v) is 16.9. The molecule has 4 rings (SSSR count). The molecule has 0 aliphatic carbocycles. The highest BCUT2D eigenvalue weighted by atomic mass is 16.7. The average Bonchev–Trinajstić information content (AvgIpc) is 3.11. The molecule has 0 saturated carbocycles. The largest absolute Gasteiger partial charge is 0.490 e. The van der Waals surface area contributed by atoms with Crippen LogP contribution < -0.4 is 9.47 Å². The van der Waals surface area contributed by atoms with E-state index < -0.39 is 28.8 Å². The van der Waals surface area contributed by atoms with Gasteiger partial charge in [0.15, 0.2) is 12.6 Å². The summed E-state index contributed by atoms with van der Waals surface area (Å²) >= 11 is 0. The normalized spacial score (nSPS) is 21.1. The highest BCUT2D eigenvalue weighted by Crippen LogP contribution is 2.38. The van der Waals surface area contributed by atoms with Crippen molar-refractivity contribution < 1.29 is 47.5 Å². The third-order valence-corrected chi connectivity index (χ3v) is 8.47. The lowest BCUT2D eigenvalue weighted by molar-refractivity contribution is -0.337. The van der Waals surface area contributed by atoms with Crippen LogP contribution >= 0.6 is 0 Å². The molecule has 2 saturated heterocycles. The van der Waals surface area contributed by atoms with E-state index in [1.807, 2.05) is 76.2 Å². The second-order valence-electron chi connectivity index (χ2n) is 14.2. The Balaban J connectivity index is 1.12. The quantitative estimate of drug-likeness (QED) is 0.132. The maximum atomic E-state index is 12.5. The molecule has 2 aliphatic heterocycles. The SMILES string of the molecule is C=CCOc1ccc(CCC(=O)OCC(C)(C)C2OCC3(CO2)COC(C(C)(C)COC(=O)CCc2ccc(OCC=C)cc2)OC3)cc1. The van der Waals surface area contributed by atoms with Crippen molar-refractivity contribution in [3.8, 4) is 11.5 Å². The molecule has 2 aliphatic rings. The predicted octanol–water partition coefficient (Wildman–Crippen LogP) is 6.25. The Kier molecular flexibility index (Phi) is 13.8. The topological polar surface area (TPSA) is 108 Å². The van der Waals surface area contributed by atoms with Gasteiger partial charge in [-0.3, -0.25) is 9.59 Å². The Bertz CT molecular complexity index is 1240. The van der Waals surface area contributed by atoms with Crippen molar-refractivity contribution in [2.45, 2.75) is 66.0 Å². The molecule has 0 aromatic heterocycles. The van der Waals surface area contributed by atoms with Gasteiger partial charge in [0.1, 0.15) is 37.9 Å². The van der Waals surface area contributed by atoms with E-state index in [0.29, 0.717) is 52.5 Å². The van der Waals surface area contributed by atoms with Crippen molar-refractivity contribution in [1.29, 1.82) is 0 Å². The van der Waals surface area contributed by atoms with Crippen molar-refractivity contribution in [2.24, 2.45) is 16.2 Å². The monoisotopic (exact) mass is 680 g/mol. The molecule has 268 valence electrons. The second kappa shape index (κ2) is 17.8. The molecule has 49 heavy (non-hydrogen) atoms. The molecule has 0 radical (unpaired) electrons. The summed E-state index contributed by atoms with van der Waals surface area (Å²) in [5, 5.41) is 0. The number of ether oxygens (including phenoxy) is 8. The minimum atomic E-state index is -0.560. The number of hydrogen-bond acceptors (Lipinski definition) is 10. The summed E-state index contributed by atoms with van der Waals surface area (Å²) < 4.78 is 46.8. The summed E-state index contributed by atoms with van der Waals surface area (Å²) in [7, 11) is 0. The first kappa shape index (κ1) is 38.1. The molecule has 2 fully saturated rings. The number of carbonyl (C=O) groups excluding carboxylic acids is 2. The Morgan fingerprint density at radius 1 is 0.673 bits per heavy atom. The van der Waals surface area contributed by atoms with Crippen molar-refractivity contribution >= 4 is 11.9 Å². The standard InChI is InChI=1S/C39H52O10/c1-7-21-42-31-15-9-29(10-16-31)13-19-33(40)44-23-37(3,4)35-46-25-39(26-47-35)27-48-36(49-28-39)38(5,6)24-45-34(41)20-14-30-11-17-32(18-12-30)43-22-8-2/h7-12,15-18,35-36H,1-2,13-14,19-28H2,3-6H3. The highest BCUT2D eigenvalue weighted by molar-refractivity contribution is 5.70. The average molecular weight is 681 g/mol. The van der Waals surface area contributed by atoms with E-state index in [-0.39, 0.29) is 38.0 Å². The fraction of sp³-hybridized carbons (Fsp3) is 0.538. The molecule has 2 heterocycles. The van der Waals surface area contributed by atoms with Crippen LogP contribution in [0.5, 0.6) is 11.5 Å². The van der Waals surface area contributed by atoms with E-state index in [1.165, 1.54) is 0 Å².